The summed E-state index contributed by atoms with van der Waals surface area (Å²) in [6.45, 7) is 2.51. The van der Waals surface area contributed by atoms with Crippen LogP contribution in [-0.2, 0) is 11.3 Å². The third-order valence-corrected chi connectivity index (χ3v) is 4.02. The summed E-state index contributed by atoms with van der Waals surface area (Å²) in [6.07, 6.45) is 3.90. The fourth-order valence-corrected chi connectivity index (χ4v) is 2.89. The van der Waals surface area contributed by atoms with E-state index in [4.69, 9.17) is 5.73 Å². The number of rotatable bonds is 3. The van der Waals surface area contributed by atoms with E-state index in [-0.39, 0.29) is 17.9 Å². The second-order valence-corrected chi connectivity index (χ2v) is 5.76. The van der Waals surface area contributed by atoms with Crippen molar-refractivity contribution in [2.75, 3.05) is 0 Å². The van der Waals surface area contributed by atoms with Gasteiger partial charge in [0, 0.05) is 17.3 Å². The Morgan fingerprint density at radius 2 is 2.47 bits per heavy atom. The van der Waals surface area contributed by atoms with Gasteiger partial charge in [-0.1, -0.05) is 6.42 Å². The van der Waals surface area contributed by atoms with E-state index in [1.165, 1.54) is 0 Å². The van der Waals surface area contributed by atoms with Gasteiger partial charge in [-0.15, -0.1) is 11.3 Å². The number of aromatic nitrogens is 1. The SMILES string of the molecule is Cc1nc(CNC(=O)C2CCCC(N)C2)cs1. The molecule has 94 valence electrons. The minimum absolute atomic E-state index is 0.0958. The fraction of sp³-hybridized carbons (Fsp3) is 0.667. The molecule has 1 aromatic heterocycles. The lowest BCUT2D eigenvalue weighted by Gasteiger charge is -2.25. The molecule has 1 saturated carbocycles. The molecule has 2 unspecified atom stereocenters. The fourth-order valence-electron chi connectivity index (χ4n) is 2.28. The molecule has 0 radical (unpaired) electrons. The third-order valence-electron chi connectivity index (χ3n) is 3.20. The number of aryl methyl sites for hydroxylation is 1. The average molecular weight is 253 g/mol. The molecule has 17 heavy (non-hydrogen) atoms. The van der Waals surface area contributed by atoms with E-state index in [1.54, 1.807) is 11.3 Å². The molecule has 0 bridgehead atoms. The summed E-state index contributed by atoms with van der Waals surface area (Å²) in [7, 11) is 0. The molecular formula is C12H19N3OS. The molecule has 2 rings (SSSR count). The largest absolute Gasteiger partial charge is 0.350 e. The van der Waals surface area contributed by atoms with Crippen molar-refractivity contribution in [3.8, 4) is 0 Å². The molecule has 5 heteroatoms. The van der Waals surface area contributed by atoms with Crippen LogP contribution in [0.2, 0.25) is 0 Å². The quantitative estimate of drug-likeness (QED) is 0.859. The Kier molecular flexibility index (Phi) is 4.12. The number of hydrogen-bond donors (Lipinski definition) is 2. The maximum absolute atomic E-state index is 11.9. The summed E-state index contributed by atoms with van der Waals surface area (Å²) >= 11 is 1.61. The average Bonchev–Trinajstić information content (AvgIpc) is 2.72. The van der Waals surface area contributed by atoms with Crippen LogP contribution >= 0.6 is 11.3 Å². The number of nitrogens with two attached hydrogens (primary N) is 1. The highest BCUT2D eigenvalue weighted by Crippen LogP contribution is 2.23. The van der Waals surface area contributed by atoms with E-state index in [1.807, 2.05) is 12.3 Å². The molecule has 1 fully saturated rings. The zero-order valence-corrected chi connectivity index (χ0v) is 10.9. The van der Waals surface area contributed by atoms with Crippen LogP contribution in [0.5, 0.6) is 0 Å². The van der Waals surface area contributed by atoms with Gasteiger partial charge in [0.2, 0.25) is 5.91 Å². The maximum atomic E-state index is 11.9. The normalized spacial score (nSPS) is 24.6. The summed E-state index contributed by atoms with van der Waals surface area (Å²) in [5, 5.41) is 5.98. The van der Waals surface area contributed by atoms with Gasteiger partial charge >= 0.3 is 0 Å². The zero-order chi connectivity index (χ0) is 12.3. The van der Waals surface area contributed by atoms with Crippen molar-refractivity contribution in [3.63, 3.8) is 0 Å². The van der Waals surface area contributed by atoms with Gasteiger partial charge in [-0.25, -0.2) is 4.98 Å². The maximum Gasteiger partial charge on any atom is 0.223 e. The van der Waals surface area contributed by atoms with Gasteiger partial charge in [0.25, 0.3) is 0 Å². The molecule has 4 nitrogen and oxygen atoms in total. The molecule has 0 aromatic carbocycles. The Hall–Kier alpha value is -0.940. The Labute approximate surface area is 106 Å². The number of carbonyl (C=O) groups is 1. The molecule has 0 spiro atoms. The monoisotopic (exact) mass is 253 g/mol. The summed E-state index contributed by atoms with van der Waals surface area (Å²) in [5.74, 6) is 0.226. The van der Waals surface area contributed by atoms with E-state index in [9.17, 15) is 4.79 Å². The Morgan fingerprint density at radius 3 is 3.12 bits per heavy atom. The van der Waals surface area contributed by atoms with Crippen molar-refractivity contribution < 1.29 is 4.79 Å². The lowest BCUT2D eigenvalue weighted by molar-refractivity contribution is -0.126. The van der Waals surface area contributed by atoms with Crippen LogP contribution in [0.15, 0.2) is 5.38 Å². The molecular weight excluding hydrogens is 234 g/mol. The van der Waals surface area contributed by atoms with E-state index in [0.717, 1.165) is 36.4 Å². The first kappa shape index (κ1) is 12.5. The lowest BCUT2D eigenvalue weighted by atomic mass is 9.85. The van der Waals surface area contributed by atoms with Gasteiger partial charge in [-0.2, -0.15) is 0 Å². The van der Waals surface area contributed by atoms with Gasteiger partial charge in [0.1, 0.15) is 0 Å². The van der Waals surface area contributed by atoms with E-state index < -0.39 is 0 Å². The highest BCUT2D eigenvalue weighted by atomic mass is 32.1. The number of nitrogens with one attached hydrogen (secondary N) is 1. The molecule has 1 heterocycles. The zero-order valence-electron chi connectivity index (χ0n) is 10.1. The van der Waals surface area contributed by atoms with Gasteiger partial charge in [0.15, 0.2) is 0 Å². The molecule has 1 aromatic rings. The molecule has 0 aliphatic heterocycles. The van der Waals surface area contributed by atoms with Gasteiger partial charge in [-0.3, -0.25) is 4.79 Å². The number of nitrogens with zero attached hydrogens (tertiary/aromatic N) is 1. The minimum Gasteiger partial charge on any atom is -0.350 e. The van der Waals surface area contributed by atoms with Crippen molar-refractivity contribution in [2.45, 2.75) is 45.2 Å². The van der Waals surface area contributed by atoms with Crippen molar-refractivity contribution in [1.29, 1.82) is 0 Å². The van der Waals surface area contributed by atoms with Crippen molar-refractivity contribution in [1.82, 2.24) is 10.3 Å². The smallest absolute Gasteiger partial charge is 0.223 e. The Bertz CT molecular complexity index is 391. The third kappa shape index (κ3) is 3.51. The molecule has 2 atom stereocenters. The highest BCUT2D eigenvalue weighted by Gasteiger charge is 2.24. The minimum atomic E-state index is 0.0958. The molecule has 1 aliphatic carbocycles. The first-order valence-corrected chi connectivity index (χ1v) is 6.97. The number of carbonyl (C=O) groups excluding carboxylic acids is 1. The van der Waals surface area contributed by atoms with Crippen molar-refractivity contribution in [2.24, 2.45) is 11.7 Å². The van der Waals surface area contributed by atoms with Crippen LogP contribution in [0.1, 0.15) is 36.4 Å². The molecule has 1 aliphatic rings. The Morgan fingerprint density at radius 1 is 1.65 bits per heavy atom. The number of amides is 1. The number of hydrogen-bond acceptors (Lipinski definition) is 4. The second-order valence-electron chi connectivity index (χ2n) is 4.70. The van der Waals surface area contributed by atoms with Crippen LogP contribution < -0.4 is 11.1 Å². The predicted molar refractivity (Wildman–Crippen MR) is 68.6 cm³/mol. The van der Waals surface area contributed by atoms with Crippen LogP contribution in [0.3, 0.4) is 0 Å². The van der Waals surface area contributed by atoms with E-state index >= 15 is 0 Å². The van der Waals surface area contributed by atoms with Crippen LogP contribution in [0.25, 0.3) is 0 Å². The first-order valence-electron chi connectivity index (χ1n) is 6.09. The summed E-state index contributed by atoms with van der Waals surface area (Å²) in [5.41, 5.74) is 6.83. The summed E-state index contributed by atoms with van der Waals surface area (Å²) in [4.78, 5) is 16.3. The Balaban J connectivity index is 1.80. The summed E-state index contributed by atoms with van der Waals surface area (Å²) < 4.78 is 0. The van der Waals surface area contributed by atoms with Crippen LogP contribution in [0, 0.1) is 12.8 Å². The molecule has 3 N–H and O–H groups in total. The van der Waals surface area contributed by atoms with Gasteiger partial charge in [-0.05, 0) is 26.2 Å². The highest BCUT2D eigenvalue weighted by molar-refractivity contribution is 7.09. The lowest BCUT2D eigenvalue weighted by Crippen LogP contribution is -2.37. The van der Waals surface area contributed by atoms with Gasteiger partial charge in [0.05, 0.1) is 17.2 Å². The van der Waals surface area contributed by atoms with Crippen molar-refractivity contribution >= 4 is 17.2 Å². The summed E-state index contributed by atoms with van der Waals surface area (Å²) in [6, 6.07) is 0.195. The topological polar surface area (TPSA) is 68.0 Å². The molecule has 0 saturated heterocycles. The molecule has 1 amide bonds. The van der Waals surface area contributed by atoms with E-state index in [2.05, 4.69) is 10.3 Å². The van der Waals surface area contributed by atoms with Crippen molar-refractivity contribution in [3.05, 3.63) is 16.1 Å². The standard InChI is InChI=1S/C12H19N3OS/c1-8-15-11(7-17-8)6-14-12(16)9-3-2-4-10(13)5-9/h7,9-10H,2-6,13H2,1H3,(H,14,16). The number of thiazole rings is 1. The first-order chi connectivity index (χ1) is 8.15. The van der Waals surface area contributed by atoms with E-state index in [0.29, 0.717) is 6.54 Å². The predicted octanol–water partition coefficient (Wildman–Crippen LogP) is 1.59. The van der Waals surface area contributed by atoms with Gasteiger partial charge < -0.3 is 11.1 Å². The van der Waals surface area contributed by atoms with Crippen LogP contribution in [0.4, 0.5) is 0 Å². The second kappa shape index (κ2) is 5.60. The van der Waals surface area contributed by atoms with Crippen LogP contribution in [-0.4, -0.2) is 16.9 Å².